The zero-order chi connectivity index (χ0) is 30.7. The first kappa shape index (κ1) is 28.8. The molecule has 4 atom stereocenters. The maximum atomic E-state index is 14.0. The zero-order valence-electron chi connectivity index (χ0n) is 23.1. The normalized spacial score (nSPS) is 25.4. The Morgan fingerprint density at radius 2 is 1.83 bits per heavy atom. The van der Waals surface area contributed by atoms with Gasteiger partial charge in [0.25, 0.3) is 5.91 Å². The molecule has 0 aromatic heterocycles. The number of aromatic hydroxyl groups is 1. The number of likely N-dealkylation sites (N-methyl/N-ethyl adjacent to an activating group) is 1. The summed E-state index contributed by atoms with van der Waals surface area (Å²) >= 11 is 0. The predicted molar refractivity (Wildman–Crippen MR) is 151 cm³/mol. The molecule has 42 heavy (non-hydrogen) atoms. The Morgan fingerprint density at radius 1 is 1.12 bits per heavy atom. The number of carbonyl (C=O) groups excluding carboxylic acids is 4. The van der Waals surface area contributed by atoms with Crippen molar-refractivity contribution in [1.82, 2.24) is 4.90 Å². The SMILES string of the molecule is COC(=O)/C=C/c1cccc(-c2ccc(O)c3c2C[C@@H]2C[C@@H]4[C@@H](N(C)C)C(=O)C(C(N)=O)=C(O)[C@]4(O)C(=O)C2=C3O)c1. The van der Waals surface area contributed by atoms with Gasteiger partial charge >= 0.3 is 5.97 Å². The highest BCUT2D eigenvalue weighted by Crippen LogP contribution is 2.53. The van der Waals surface area contributed by atoms with Crippen LogP contribution in [0.1, 0.15) is 23.1 Å². The molecule has 2 aromatic rings. The summed E-state index contributed by atoms with van der Waals surface area (Å²) in [5.74, 6) is -7.54. The second kappa shape index (κ2) is 10.3. The van der Waals surface area contributed by atoms with Crippen LogP contribution in [-0.4, -0.2) is 81.6 Å². The first-order chi connectivity index (χ1) is 19.8. The van der Waals surface area contributed by atoms with E-state index in [-0.39, 0.29) is 29.7 Å². The number of rotatable bonds is 5. The van der Waals surface area contributed by atoms with Gasteiger partial charge in [0.2, 0.25) is 5.78 Å². The number of benzene rings is 2. The van der Waals surface area contributed by atoms with E-state index in [4.69, 9.17) is 5.73 Å². The first-order valence-electron chi connectivity index (χ1n) is 13.2. The number of hydrogen-bond donors (Lipinski definition) is 5. The molecule has 0 saturated heterocycles. The second-order valence-electron chi connectivity index (χ2n) is 10.9. The highest BCUT2D eigenvalue weighted by atomic mass is 16.5. The molecular weight excluding hydrogens is 544 g/mol. The molecule has 0 bridgehead atoms. The van der Waals surface area contributed by atoms with Gasteiger partial charge in [0.15, 0.2) is 11.4 Å². The number of Topliss-reactive ketones (excluding diaryl/α,β-unsaturated/α-hetero) is 2. The number of ether oxygens (including phenoxy) is 1. The van der Waals surface area contributed by atoms with Crippen LogP contribution < -0.4 is 5.73 Å². The molecule has 3 aliphatic carbocycles. The van der Waals surface area contributed by atoms with Gasteiger partial charge in [-0.3, -0.25) is 19.3 Å². The van der Waals surface area contributed by atoms with Gasteiger partial charge in [0, 0.05) is 17.6 Å². The van der Waals surface area contributed by atoms with Gasteiger partial charge in [-0.1, -0.05) is 24.3 Å². The molecule has 0 unspecified atom stereocenters. The number of aliphatic hydroxyl groups is 3. The fraction of sp³-hybridized carbons (Fsp3) is 0.290. The Kier molecular flexibility index (Phi) is 7.04. The number of phenolic OH excluding ortho intramolecular Hbond substituents is 1. The third-order valence-electron chi connectivity index (χ3n) is 8.41. The standard InChI is InChI=1S/C31H30N2O9/c1-33(2)25-19-13-16-12-18-17(15-6-4-5-14(11-15)7-10-21(35)42-3)8-9-20(34)23(18)26(36)22(16)28(38)31(19,41)29(39)24(27(25)37)30(32)40/h4-11,16,19,25,34,36,39,41H,12-13H2,1-3H3,(H2,32,40)/b10-7+/t16-,19-,25-,31-/m1/s1. The predicted octanol–water partition coefficient (Wildman–Crippen LogP) is 1.82. The van der Waals surface area contributed by atoms with E-state index in [2.05, 4.69) is 4.74 Å². The molecule has 0 spiro atoms. The third kappa shape index (κ3) is 4.20. The van der Waals surface area contributed by atoms with E-state index >= 15 is 0 Å². The van der Waals surface area contributed by atoms with Gasteiger partial charge in [-0.05, 0) is 73.3 Å². The van der Waals surface area contributed by atoms with Crippen LogP contribution in [0.15, 0.2) is 59.4 Å². The van der Waals surface area contributed by atoms with Crippen molar-refractivity contribution in [2.24, 2.45) is 17.6 Å². The Hall–Kier alpha value is -4.74. The summed E-state index contributed by atoms with van der Waals surface area (Å²) in [6, 6.07) is 9.08. The summed E-state index contributed by atoms with van der Waals surface area (Å²) in [4.78, 5) is 52.4. The van der Waals surface area contributed by atoms with Crippen molar-refractivity contribution >= 4 is 35.3 Å². The van der Waals surface area contributed by atoms with Crippen LogP contribution in [0.2, 0.25) is 0 Å². The summed E-state index contributed by atoms with van der Waals surface area (Å²) < 4.78 is 4.65. The Bertz CT molecular complexity index is 1650. The lowest BCUT2D eigenvalue weighted by molar-refractivity contribution is -0.153. The van der Waals surface area contributed by atoms with Gasteiger partial charge in [0.1, 0.15) is 22.8 Å². The lowest BCUT2D eigenvalue weighted by Gasteiger charge is -2.50. The minimum absolute atomic E-state index is 0.000652. The topological polar surface area (TPSA) is 188 Å². The highest BCUT2D eigenvalue weighted by Gasteiger charge is 2.64. The molecular formula is C31H30N2O9. The summed E-state index contributed by atoms with van der Waals surface area (Å²) in [6.07, 6.45) is 3.00. The summed E-state index contributed by atoms with van der Waals surface area (Å²) in [5, 5.41) is 45.0. The quantitative estimate of drug-likeness (QED) is 0.200. The van der Waals surface area contributed by atoms with Gasteiger partial charge in [-0.2, -0.15) is 0 Å². The first-order valence-corrected chi connectivity index (χ1v) is 13.2. The Labute approximate surface area is 240 Å². The number of methoxy groups -OCH3 is 1. The molecule has 0 heterocycles. The number of primary amides is 1. The highest BCUT2D eigenvalue weighted by molar-refractivity contribution is 6.24. The van der Waals surface area contributed by atoms with Crippen molar-refractivity contribution in [1.29, 1.82) is 0 Å². The van der Waals surface area contributed by atoms with Crippen LogP contribution in [0, 0.1) is 11.8 Å². The van der Waals surface area contributed by atoms with E-state index in [9.17, 15) is 39.6 Å². The third-order valence-corrected chi connectivity index (χ3v) is 8.41. The number of nitrogens with zero attached hydrogens (tertiary/aromatic N) is 1. The second-order valence-corrected chi connectivity index (χ2v) is 10.9. The van der Waals surface area contributed by atoms with Crippen molar-refractivity contribution < 1.29 is 44.3 Å². The number of amides is 1. The maximum absolute atomic E-state index is 14.0. The zero-order valence-corrected chi connectivity index (χ0v) is 23.1. The number of hydrogen-bond acceptors (Lipinski definition) is 10. The lowest BCUT2D eigenvalue weighted by atomic mass is 9.57. The number of ketones is 2. The molecule has 1 fully saturated rings. The fourth-order valence-corrected chi connectivity index (χ4v) is 6.56. The van der Waals surface area contributed by atoms with Crippen LogP contribution >= 0.6 is 0 Å². The maximum Gasteiger partial charge on any atom is 0.330 e. The molecule has 5 rings (SSSR count). The van der Waals surface area contributed by atoms with Crippen molar-refractivity contribution in [3.05, 3.63) is 76.1 Å². The molecule has 0 aliphatic heterocycles. The molecule has 3 aliphatic rings. The summed E-state index contributed by atoms with van der Waals surface area (Å²) in [5.41, 5.74) is 4.17. The van der Waals surface area contributed by atoms with Crippen LogP contribution in [0.25, 0.3) is 23.0 Å². The van der Waals surface area contributed by atoms with Crippen molar-refractivity contribution in [2.75, 3.05) is 21.2 Å². The molecule has 1 saturated carbocycles. The number of nitrogens with two attached hydrogens (primary N) is 1. The molecule has 0 radical (unpaired) electrons. The Morgan fingerprint density at radius 3 is 2.48 bits per heavy atom. The average molecular weight is 575 g/mol. The molecule has 2 aromatic carbocycles. The van der Waals surface area contributed by atoms with Gasteiger partial charge in [-0.15, -0.1) is 0 Å². The van der Waals surface area contributed by atoms with E-state index in [1.807, 2.05) is 12.1 Å². The van der Waals surface area contributed by atoms with E-state index in [1.54, 1.807) is 38.4 Å². The largest absolute Gasteiger partial charge is 0.508 e. The minimum atomic E-state index is -2.70. The van der Waals surface area contributed by atoms with Gasteiger partial charge in [-0.25, -0.2) is 4.79 Å². The summed E-state index contributed by atoms with van der Waals surface area (Å²) in [6.45, 7) is 0. The van der Waals surface area contributed by atoms with Crippen molar-refractivity contribution in [2.45, 2.75) is 24.5 Å². The van der Waals surface area contributed by atoms with Gasteiger partial charge in [0.05, 0.1) is 18.7 Å². The monoisotopic (exact) mass is 574 g/mol. The number of phenols is 1. The van der Waals surface area contributed by atoms with E-state index in [1.165, 1.54) is 24.2 Å². The van der Waals surface area contributed by atoms with Crippen LogP contribution in [0.5, 0.6) is 5.75 Å². The van der Waals surface area contributed by atoms with Crippen LogP contribution in [0.3, 0.4) is 0 Å². The minimum Gasteiger partial charge on any atom is -0.508 e. The fourth-order valence-electron chi connectivity index (χ4n) is 6.56. The molecule has 1 amide bonds. The smallest absolute Gasteiger partial charge is 0.330 e. The number of aliphatic hydroxyl groups excluding tert-OH is 2. The molecule has 218 valence electrons. The summed E-state index contributed by atoms with van der Waals surface area (Å²) in [7, 11) is 4.37. The number of carbonyl (C=O) groups is 4. The Balaban J connectivity index is 1.68. The number of fused-ring (bicyclic) bond motifs is 3. The van der Waals surface area contributed by atoms with E-state index < -0.39 is 64.0 Å². The van der Waals surface area contributed by atoms with Crippen LogP contribution in [0.4, 0.5) is 0 Å². The number of esters is 1. The molecule has 11 heteroatoms. The lowest BCUT2D eigenvalue weighted by Crippen LogP contribution is -2.65. The van der Waals surface area contributed by atoms with E-state index in [0.717, 1.165) is 0 Å². The molecule has 6 N–H and O–H groups in total. The molecule has 11 nitrogen and oxygen atoms in total. The van der Waals surface area contributed by atoms with Crippen molar-refractivity contribution in [3.8, 4) is 16.9 Å². The van der Waals surface area contributed by atoms with Gasteiger partial charge < -0.3 is 30.9 Å². The van der Waals surface area contributed by atoms with Crippen LogP contribution in [-0.2, 0) is 30.3 Å². The van der Waals surface area contributed by atoms with E-state index in [0.29, 0.717) is 22.3 Å². The average Bonchev–Trinajstić information content (AvgIpc) is 2.93. The van der Waals surface area contributed by atoms with Crippen molar-refractivity contribution in [3.63, 3.8) is 0 Å².